The molecule has 4 amide bonds. The van der Waals surface area contributed by atoms with Crippen LogP contribution in [0.4, 0.5) is 21.9 Å². The highest BCUT2D eigenvalue weighted by molar-refractivity contribution is 6.15. The summed E-state index contributed by atoms with van der Waals surface area (Å²) in [5, 5.41) is 5.66. The number of fused-ring (bicyclic) bond motifs is 1. The van der Waals surface area contributed by atoms with Gasteiger partial charge in [-0.2, -0.15) is 0 Å². The number of urea groups is 1. The van der Waals surface area contributed by atoms with Crippen molar-refractivity contribution >= 4 is 34.9 Å². The summed E-state index contributed by atoms with van der Waals surface area (Å²) < 4.78 is 10.9. The lowest BCUT2D eigenvalue weighted by atomic mass is 10.1. The summed E-state index contributed by atoms with van der Waals surface area (Å²) in [5.74, 6) is 0.535. The summed E-state index contributed by atoms with van der Waals surface area (Å²) in [7, 11) is 1.57. The second kappa shape index (κ2) is 11.3. The van der Waals surface area contributed by atoms with Crippen LogP contribution < -0.4 is 29.9 Å². The van der Waals surface area contributed by atoms with E-state index in [1.807, 2.05) is 37.3 Å². The van der Waals surface area contributed by atoms with Gasteiger partial charge in [-0.3, -0.25) is 19.4 Å². The molecule has 36 heavy (non-hydrogen) atoms. The molecule has 0 bridgehead atoms. The molecule has 0 saturated carbocycles. The van der Waals surface area contributed by atoms with Gasteiger partial charge in [0.15, 0.2) is 11.5 Å². The van der Waals surface area contributed by atoms with Crippen molar-refractivity contribution in [1.82, 2.24) is 5.32 Å². The first-order valence-corrected chi connectivity index (χ1v) is 11.6. The highest BCUT2D eigenvalue weighted by Crippen LogP contribution is 2.33. The minimum Gasteiger partial charge on any atom is -0.493 e. The lowest BCUT2D eigenvalue weighted by Gasteiger charge is -2.35. The van der Waals surface area contributed by atoms with Gasteiger partial charge in [0.2, 0.25) is 11.8 Å². The number of amides is 4. The molecule has 186 valence electrons. The third-order valence-electron chi connectivity index (χ3n) is 5.65. The van der Waals surface area contributed by atoms with Gasteiger partial charge in [0.25, 0.3) is 0 Å². The van der Waals surface area contributed by atoms with Crippen molar-refractivity contribution in [2.75, 3.05) is 41.9 Å². The number of hydrogen-bond donors (Lipinski definition) is 2. The third-order valence-corrected chi connectivity index (χ3v) is 5.65. The molecule has 9 heteroatoms. The number of rotatable bonds is 8. The minimum absolute atomic E-state index is 0.168. The van der Waals surface area contributed by atoms with Crippen LogP contribution in [0.1, 0.15) is 12.5 Å². The summed E-state index contributed by atoms with van der Waals surface area (Å²) in [6.07, 6.45) is 0. The molecule has 0 radical (unpaired) electrons. The Balaban J connectivity index is 1.44. The van der Waals surface area contributed by atoms with Gasteiger partial charge in [-0.15, -0.1) is 0 Å². The molecule has 0 fully saturated rings. The summed E-state index contributed by atoms with van der Waals surface area (Å²) in [5.41, 5.74) is 2.51. The predicted octanol–water partition coefficient (Wildman–Crippen LogP) is 3.80. The number of anilines is 3. The zero-order valence-corrected chi connectivity index (χ0v) is 20.2. The topological polar surface area (TPSA) is 100 Å². The maximum Gasteiger partial charge on any atom is 0.326 e. The number of methoxy groups -OCH3 is 1. The Morgan fingerprint density at radius 3 is 2.39 bits per heavy atom. The number of benzene rings is 3. The standard InChI is InChI=1S/C27H28N4O5/c1-3-36-24-15-19(13-14-23(24)35-2)16-28-25(32)17-30-21-11-7-8-12-22(21)31(18-26(30)33)27(34)29-20-9-5-4-6-10-20/h4-15H,3,16-18H2,1-2H3,(H,28,32)(H,29,34). The first-order valence-electron chi connectivity index (χ1n) is 11.6. The van der Waals surface area contributed by atoms with Crippen LogP contribution in [0.25, 0.3) is 0 Å². The number of ether oxygens (including phenoxy) is 2. The maximum absolute atomic E-state index is 13.0. The van der Waals surface area contributed by atoms with Crippen LogP contribution in [0.2, 0.25) is 0 Å². The quantitative estimate of drug-likeness (QED) is 0.503. The Morgan fingerprint density at radius 2 is 1.67 bits per heavy atom. The largest absolute Gasteiger partial charge is 0.493 e. The van der Waals surface area contributed by atoms with Crippen LogP contribution in [-0.2, 0) is 16.1 Å². The van der Waals surface area contributed by atoms with E-state index in [9.17, 15) is 14.4 Å². The van der Waals surface area contributed by atoms with Crippen molar-refractivity contribution < 1.29 is 23.9 Å². The highest BCUT2D eigenvalue weighted by Gasteiger charge is 2.33. The average Bonchev–Trinajstić information content (AvgIpc) is 2.89. The van der Waals surface area contributed by atoms with Crippen molar-refractivity contribution in [2.45, 2.75) is 13.5 Å². The van der Waals surface area contributed by atoms with Gasteiger partial charge in [0.05, 0.1) is 25.1 Å². The van der Waals surface area contributed by atoms with Crippen LogP contribution in [-0.4, -0.2) is 44.7 Å². The lowest BCUT2D eigenvalue weighted by Crippen LogP contribution is -2.51. The van der Waals surface area contributed by atoms with Gasteiger partial charge in [0, 0.05) is 12.2 Å². The van der Waals surface area contributed by atoms with Crippen LogP contribution in [0.15, 0.2) is 72.8 Å². The molecule has 9 nitrogen and oxygen atoms in total. The number of carbonyl (C=O) groups excluding carboxylic acids is 3. The van der Waals surface area contributed by atoms with Gasteiger partial charge in [0.1, 0.15) is 13.1 Å². The van der Waals surface area contributed by atoms with Crippen molar-refractivity contribution in [2.24, 2.45) is 0 Å². The molecule has 1 aliphatic heterocycles. The summed E-state index contributed by atoms with van der Waals surface area (Å²) in [6, 6.07) is 21.1. The summed E-state index contributed by atoms with van der Waals surface area (Å²) in [6.45, 7) is 2.28. The van der Waals surface area contributed by atoms with E-state index in [2.05, 4.69) is 10.6 Å². The molecule has 0 aromatic heterocycles. The molecular weight excluding hydrogens is 460 g/mol. The van der Waals surface area contributed by atoms with E-state index in [-0.39, 0.29) is 31.4 Å². The molecular formula is C27H28N4O5. The zero-order chi connectivity index (χ0) is 25.5. The van der Waals surface area contributed by atoms with Crippen molar-refractivity contribution in [3.8, 4) is 11.5 Å². The Labute approximate surface area is 209 Å². The fourth-order valence-electron chi connectivity index (χ4n) is 3.93. The monoisotopic (exact) mass is 488 g/mol. The molecule has 3 aromatic carbocycles. The van der Waals surface area contributed by atoms with E-state index in [0.717, 1.165) is 5.56 Å². The molecule has 0 unspecified atom stereocenters. The molecule has 4 rings (SSSR count). The lowest BCUT2D eigenvalue weighted by molar-refractivity contribution is -0.123. The Bertz CT molecular complexity index is 1250. The van der Waals surface area contributed by atoms with Crippen molar-refractivity contribution in [3.05, 3.63) is 78.4 Å². The fourth-order valence-corrected chi connectivity index (χ4v) is 3.93. The summed E-state index contributed by atoms with van der Waals surface area (Å²) >= 11 is 0. The van der Waals surface area contributed by atoms with E-state index in [4.69, 9.17) is 9.47 Å². The molecule has 1 heterocycles. The molecule has 0 atom stereocenters. The number of nitrogens with zero attached hydrogens (tertiary/aromatic N) is 2. The Hall–Kier alpha value is -4.53. The van der Waals surface area contributed by atoms with E-state index in [1.165, 1.54) is 9.80 Å². The van der Waals surface area contributed by atoms with Crippen LogP contribution in [0.5, 0.6) is 11.5 Å². The van der Waals surface area contributed by atoms with E-state index < -0.39 is 6.03 Å². The third kappa shape index (κ3) is 5.57. The second-order valence-corrected chi connectivity index (χ2v) is 8.05. The van der Waals surface area contributed by atoms with E-state index in [0.29, 0.717) is 35.2 Å². The predicted molar refractivity (Wildman–Crippen MR) is 138 cm³/mol. The molecule has 2 N–H and O–H groups in total. The molecule has 1 aliphatic rings. The molecule has 0 saturated heterocycles. The van der Waals surface area contributed by atoms with Gasteiger partial charge in [-0.1, -0.05) is 36.4 Å². The smallest absolute Gasteiger partial charge is 0.326 e. The number of hydrogen-bond acceptors (Lipinski definition) is 5. The van der Waals surface area contributed by atoms with Gasteiger partial charge in [-0.25, -0.2) is 4.79 Å². The maximum atomic E-state index is 13.0. The van der Waals surface area contributed by atoms with Crippen molar-refractivity contribution in [3.63, 3.8) is 0 Å². The van der Waals surface area contributed by atoms with Crippen LogP contribution in [0, 0.1) is 0 Å². The fraction of sp³-hybridized carbons (Fsp3) is 0.222. The first-order chi connectivity index (χ1) is 17.5. The van der Waals surface area contributed by atoms with Crippen LogP contribution >= 0.6 is 0 Å². The molecule has 3 aromatic rings. The Morgan fingerprint density at radius 1 is 0.944 bits per heavy atom. The number of para-hydroxylation sites is 3. The first kappa shape index (κ1) is 24.6. The molecule has 0 aliphatic carbocycles. The summed E-state index contributed by atoms with van der Waals surface area (Å²) in [4.78, 5) is 41.5. The van der Waals surface area contributed by atoms with Crippen molar-refractivity contribution in [1.29, 1.82) is 0 Å². The Kier molecular flexibility index (Phi) is 7.69. The molecule has 0 spiro atoms. The van der Waals surface area contributed by atoms with Crippen LogP contribution in [0.3, 0.4) is 0 Å². The van der Waals surface area contributed by atoms with E-state index in [1.54, 1.807) is 49.6 Å². The highest BCUT2D eigenvalue weighted by atomic mass is 16.5. The SMILES string of the molecule is CCOc1cc(CNC(=O)CN2C(=O)CN(C(=O)Nc3ccccc3)c3ccccc32)ccc1OC. The average molecular weight is 489 g/mol. The zero-order valence-electron chi connectivity index (χ0n) is 20.2. The van der Waals surface area contributed by atoms with Gasteiger partial charge >= 0.3 is 6.03 Å². The van der Waals surface area contributed by atoms with Gasteiger partial charge in [-0.05, 0) is 48.9 Å². The number of nitrogens with one attached hydrogen (secondary N) is 2. The minimum atomic E-state index is -0.421. The number of carbonyl (C=O) groups is 3. The van der Waals surface area contributed by atoms with E-state index >= 15 is 0 Å². The normalized spacial score (nSPS) is 12.6. The van der Waals surface area contributed by atoms with Gasteiger partial charge < -0.3 is 20.1 Å². The second-order valence-electron chi connectivity index (χ2n) is 8.05.